The van der Waals surface area contributed by atoms with Crippen LogP contribution in [0.15, 0.2) is 24.3 Å². The molecule has 1 saturated carbocycles. The van der Waals surface area contributed by atoms with E-state index in [2.05, 4.69) is 19.1 Å². The molecule has 1 aliphatic rings. The molecule has 2 unspecified atom stereocenters. The minimum absolute atomic E-state index is 0.0656. The average molecular weight is 176 g/mol. The topological polar surface area (TPSA) is 52.0 Å². The largest absolute Gasteiger partial charge is 0.399 e. The van der Waals surface area contributed by atoms with Gasteiger partial charge in [0.05, 0.1) is 0 Å². The Morgan fingerprint density at radius 3 is 2.46 bits per heavy atom. The zero-order valence-corrected chi connectivity index (χ0v) is 7.96. The Morgan fingerprint density at radius 2 is 2.00 bits per heavy atom. The molecule has 0 radical (unpaired) electrons. The molecule has 0 aliphatic heterocycles. The van der Waals surface area contributed by atoms with Gasteiger partial charge in [-0.25, -0.2) is 0 Å². The van der Waals surface area contributed by atoms with E-state index < -0.39 is 0 Å². The van der Waals surface area contributed by atoms with E-state index in [0.29, 0.717) is 5.92 Å². The highest BCUT2D eigenvalue weighted by atomic mass is 14.9. The number of nitrogens with two attached hydrogens (primary N) is 2. The molecule has 1 aromatic rings. The van der Waals surface area contributed by atoms with Gasteiger partial charge in [-0.1, -0.05) is 19.1 Å². The normalized spacial score (nSPS) is 31.7. The van der Waals surface area contributed by atoms with Crippen molar-refractivity contribution in [1.29, 1.82) is 0 Å². The smallest absolute Gasteiger partial charge is 0.0314 e. The summed E-state index contributed by atoms with van der Waals surface area (Å²) in [6.45, 7) is 2.15. The van der Waals surface area contributed by atoms with E-state index in [0.717, 1.165) is 18.5 Å². The molecule has 0 aromatic heterocycles. The molecule has 2 heteroatoms. The van der Waals surface area contributed by atoms with Crippen LogP contribution in [0.4, 0.5) is 5.69 Å². The lowest BCUT2D eigenvalue weighted by Gasteiger charge is -2.07. The fourth-order valence-electron chi connectivity index (χ4n) is 1.89. The third-order valence-electron chi connectivity index (χ3n) is 3.12. The second-order valence-electron chi connectivity index (χ2n) is 4.01. The first-order chi connectivity index (χ1) is 6.15. The number of anilines is 1. The SMILES string of the molecule is CCC1(N)CC1c1ccc(N)cc1. The van der Waals surface area contributed by atoms with Gasteiger partial charge in [0, 0.05) is 17.1 Å². The molecule has 70 valence electrons. The molecule has 1 aromatic carbocycles. The number of hydrogen-bond acceptors (Lipinski definition) is 2. The van der Waals surface area contributed by atoms with E-state index in [1.54, 1.807) is 0 Å². The van der Waals surface area contributed by atoms with Crippen molar-refractivity contribution in [2.75, 3.05) is 5.73 Å². The highest BCUT2D eigenvalue weighted by Gasteiger charge is 2.49. The second-order valence-corrected chi connectivity index (χ2v) is 4.01. The maximum Gasteiger partial charge on any atom is 0.0314 e. The van der Waals surface area contributed by atoms with Gasteiger partial charge in [-0.2, -0.15) is 0 Å². The van der Waals surface area contributed by atoms with Crippen molar-refractivity contribution in [1.82, 2.24) is 0 Å². The third-order valence-corrected chi connectivity index (χ3v) is 3.12. The van der Waals surface area contributed by atoms with Gasteiger partial charge in [-0.3, -0.25) is 0 Å². The van der Waals surface area contributed by atoms with Crippen LogP contribution in [0, 0.1) is 0 Å². The van der Waals surface area contributed by atoms with Gasteiger partial charge < -0.3 is 11.5 Å². The first-order valence-electron chi connectivity index (χ1n) is 4.80. The Balaban J connectivity index is 2.16. The molecule has 1 fully saturated rings. The summed E-state index contributed by atoms with van der Waals surface area (Å²) in [5, 5.41) is 0. The van der Waals surface area contributed by atoms with Gasteiger partial charge in [0.25, 0.3) is 0 Å². The average Bonchev–Trinajstić information content (AvgIpc) is 2.81. The molecule has 0 bridgehead atoms. The lowest BCUT2D eigenvalue weighted by atomic mass is 10.0. The van der Waals surface area contributed by atoms with Crippen LogP contribution in [-0.4, -0.2) is 5.54 Å². The van der Waals surface area contributed by atoms with E-state index >= 15 is 0 Å². The summed E-state index contributed by atoms with van der Waals surface area (Å²) in [6.07, 6.45) is 2.18. The van der Waals surface area contributed by atoms with Crippen molar-refractivity contribution < 1.29 is 0 Å². The molecule has 4 N–H and O–H groups in total. The first-order valence-corrected chi connectivity index (χ1v) is 4.80. The van der Waals surface area contributed by atoms with Gasteiger partial charge in [0.15, 0.2) is 0 Å². The fourth-order valence-corrected chi connectivity index (χ4v) is 1.89. The van der Waals surface area contributed by atoms with Crippen molar-refractivity contribution >= 4 is 5.69 Å². The number of hydrogen-bond donors (Lipinski definition) is 2. The van der Waals surface area contributed by atoms with Crippen LogP contribution in [-0.2, 0) is 0 Å². The zero-order valence-electron chi connectivity index (χ0n) is 7.96. The van der Waals surface area contributed by atoms with Crippen molar-refractivity contribution in [3.63, 3.8) is 0 Å². The first kappa shape index (κ1) is 8.57. The van der Waals surface area contributed by atoms with Crippen molar-refractivity contribution in [3.8, 4) is 0 Å². The summed E-state index contributed by atoms with van der Waals surface area (Å²) in [5.41, 5.74) is 14.0. The Hall–Kier alpha value is -1.02. The minimum Gasteiger partial charge on any atom is -0.399 e. The van der Waals surface area contributed by atoms with Gasteiger partial charge in [0.2, 0.25) is 0 Å². The molecule has 2 rings (SSSR count). The lowest BCUT2D eigenvalue weighted by Crippen LogP contribution is -2.22. The molecular formula is C11H16N2. The summed E-state index contributed by atoms with van der Waals surface area (Å²) in [6, 6.07) is 8.07. The van der Waals surface area contributed by atoms with Gasteiger partial charge >= 0.3 is 0 Å². The van der Waals surface area contributed by atoms with Crippen LogP contribution in [0.25, 0.3) is 0 Å². The predicted molar refractivity (Wildman–Crippen MR) is 55.4 cm³/mol. The summed E-state index contributed by atoms with van der Waals surface area (Å²) >= 11 is 0. The number of benzene rings is 1. The maximum atomic E-state index is 6.13. The van der Waals surface area contributed by atoms with Crippen LogP contribution in [0.3, 0.4) is 0 Å². The van der Waals surface area contributed by atoms with Crippen LogP contribution < -0.4 is 11.5 Å². The fraction of sp³-hybridized carbons (Fsp3) is 0.455. The van der Waals surface area contributed by atoms with Crippen LogP contribution >= 0.6 is 0 Å². The Morgan fingerprint density at radius 1 is 1.38 bits per heavy atom. The lowest BCUT2D eigenvalue weighted by molar-refractivity contribution is 0.626. The highest BCUT2D eigenvalue weighted by molar-refractivity contribution is 5.43. The highest BCUT2D eigenvalue weighted by Crippen LogP contribution is 2.51. The molecule has 13 heavy (non-hydrogen) atoms. The second kappa shape index (κ2) is 2.74. The van der Waals surface area contributed by atoms with E-state index in [1.807, 2.05) is 12.1 Å². The van der Waals surface area contributed by atoms with Crippen molar-refractivity contribution in [3.05, 3.63) is 29.8 Å². The number of nitrogen functional groups attached to an aromatic ring is 1. The molecule has 2 atom stereocenters. The van der Waals surface area contributed by atoms with Crippen molar-refractivity contribution in [2.24, 2.45) is 5.73 Å². The molecule has 1 aliphatic carbocycles. The summed E-state index contributed by atoms with van der Waals surface area (Å²) in [4.78, 5) is 0. The zero-order chi connectivity index (χ0) is 9.47. The monoisotopic (exact) mass is 176 g/mol. The molecular weight excluding hydrogens is 160 g/mol. The van der Waals surface area contributed by atoms with Gasteiger partial charge in [-0.05, 0) is 30.5 Å². The Kier molecular flexibility index (Phi) is 1.81. The van der Waals surface area contributed by atoms with Crippen molar-refractivity contribution in [2.45, 2.75) is 31.2 Å². The molecule has 0 heterocycles. The minimum atomic E-state index is 0.0656. The van der Waals surface area contributed by atoms with E-state index in [4.69, 9.17) is 11.5 Å². The number of rotatable bonds is 2. The van der Waals surface area contributed by atoms with Crippen LogP contribution in [0.1, 0.15) is 31.2 Å². The Labute approximate surface area is 78.9 Å². The van der Waals surface area contributed by atoms with E-state index in [1.165, 1.54) is 5.56 Å². The molecule has 0 spiro atoms. The molecule has 0 amide bonds. The van der Waals surface area contributed by atoms with Gasteiger partial charge in [-0.15, -0.1) is 0 Å². The summed E-state index contributed by atoms with van der Waals surface area (Å²) in [7, 11) is 0. The third kappa shape index (κ3) is 1.42. The maximum absolute atomic E-state index is 6.13. The Bertz CT molecular complexity index is 304. The standard InChI is InChI=1S/C11H16N2/c1-2-11(13)7-10(11)8-3-5-9(12)6-4-8/h3-6,10H,2,7,12-13H2,1H3. The van der Waals surface area contributed by atoms with E-state index in [9.17, 15) is 0 Å². The molecule has 2 nitrogen and oxygen atoms in total. The van der Waals surface area contributed by atoms with Crippen LogP contribution in [0.5, 0.6) is 0 Å². The summed E-state index contributed by atoms with van der Waals surface area (Å²) in [5.74, 6) is 0.554. The van der Waals surface area contributed by atoms with Crippen LogP contribution in [0.2, 0.25) is 0 Å². The van der Waals surface area contributed by atoms with E-state index in [-0.39, 0.29) is 5.54 Å². The quantitative estimate of drug-likeness (QED) is 0.676. The molecule has 0 saturated heterocycles. The predicted octanol–water partition coefficient (Wildman–Crippen LogP) is 1.86. The summed E-state index contributed by atoms with van der Waals surface area (Å²) < 4.78 is 0. The van der Waals surface area contributed by atoms with Gasteiger partial charge in [0.1, 0.15) is 0 Å².